The highest BCUT2D eigenvalue weighted by Crippen LogP contribution is 2.39. The van der Waals surface area contributed by atoms with E-state index in [-0.39, 0.29) is 4.90 Å². The van der Waals surface area contributed by atoms with Crippen LogP contribution < -0.4 is 9.46 Å². The van der Waals surface area contributed by atoms with E-state index >= 15 is 0 Å². The average molecular weight is 445 g/mol. The molecule has 0 radical (unpaired) electrons. The quantitative estimate of drug-likeness (QED) is 0.428. The molecule has 0 amide bonds. The maximum atomic E-state index is 14.1. The highest BCUT2D eigenvalue weighted by atomic mass is 32.2. The third kappa shape index (κ3) is 3.49. The number of fused-ring (bicyclic) bond motifs is 1. The van der Waals surface area contributed by atoms with Crippen LogP contribution in [0.3, 0.4) is 0 Å². The number of hydrogen-bond donors (Lipinski definition) is 2. The van der Waals surface area contributed by atoms with E-state index in [1.54, 1.807) is 4.68 Å². The third-order valence-corrected chi connectivity index (χ3v) is 7.23. The van der Waals surface area contributed by atoms with E-state index in [0.717, 1.165) is 23.1 Å². The summed E-state index contributed by atoms with van der Waals surface area (Å²) in [6, 6.07) is 29.5. The Morgan fingerprint density at radius 3 is 1.88 bits per heavy atom. The van der Waals surface area contributed by atoms with Crippen molar-refractivity contribution in [3.63, 3.8) is 0 Å². The Morgan fingerprint density at radius 2 is 1.38 bits per heavy atom. The number of benzene rings is 3. The minimum absolute atomic E-state index is 0.268. The molecular weight excluding hydrogens is 420 g/mol. The van der Waals surface area contributed by atoms with E-state index in [9.17, 15) is 4.21 Å². The van der Waals surface area contributed by atoms with Crippen LogP contribution in [0.1, 0.15) is 23.1 Å². The standard InChI is InChI=1S/C25H24N4O2S/c26-32(30,23-19-27-29-17-10-18-31-24(23)29)28-25(20-11-4-1-5-12-20,21-13-6-2-7-14-21)22-15-8-3-9-16-22/h1-9,11-16,19H,10,17-18H2,(H2,26,28,30). The Balaban J connectivity index is 1.74. The lowest BCUT2D eigenvalue weighted by atomic mass is 9.78. The van der Waals surface area contributed by atoms with Gasteiger partial charge in [0.25, 0.3) is 0 Å². The fourth-order valence-electron chi connectivity index (χ4n) is 4.25. The number of rotatable bonds is 6. The maximum Gasteiger partial charge on any atom is 0.230 e. The topological polar surface area (TPSA) is 80.0 Å². The summed E-state index contributed by atoms with van der Waals surface area (Å²) in [6.45, 7) is 1.21. The van der Waals surface area contributed by atoms with Crippen LogP contribution >= 0.6 is 0 Å². The molecule has 0 saturated carbocycles. The number of hydrogen-bond acceptors (Lipinski definition) is 4. The predicted molar refractivity (Wildman–Crippen MR) is 124 cm³/mol. The molecule has 1 unspecified atom stereocenters. The van der Waals surface area contributed by atoms with Crippen LogP contribution in [0.15, 0.2) is 102 Å². The molecule has 0 spiro atoms. The molecule has 3 aromatic carbocycles. The molecule has 2 N–H and O–H groups in total. The molecule has 32 heavy (non-hydrogen) atoms. The number of nitrogens with one attached hydrogen (secondary N) is 2. The van der Waals surface area contributed by atoms with Gasteiger partial charge in [-0.3, -0.25) is 0 Å². The number of nitrogens with zero attached hydrogens (tertiary/aromatic N) is 2. The van der Waals surface area contributed by atoms with Crippen LogP contribution in [-0.2, 0) is 22.0 Å². The van der Waals surface area contributed by atoms with E-state index < -0.39 is 15.5 Å². The van der Waals surface area contributed by atoms with Crippen molar-refractivity contribution in [2.45, 2.75) is 23.4 Å². The van der Waals surface area contributed by atoms with Gasteiger partial charge < -0.3 is 4.74 Å². The molecule has 6 nitrogen and oxygen atoms in total. The van der Waals surface area contributed by atoms with Crippen molar-refractivity contribution in [2.75, 3.05) is 6.61 Å². The van der Waals surface area contributed by atoms with E-state index in [0.29, 0.717) is 19.0 Å². The molecule has 1 aliphatic heterocycles. The fraction of sp³-hybridized carbons (Fsp3) is 0.160. The van der Waals surface area contributed by atoms with Crippen LogP contribution in [-0.4, -0.2) is 20.6 Å². The van der Waals surface area contributed by atoms with E-state index in [1.807, 2.05) is 91.0 Å². The second-order valence-corrected chi connectivity index (χ2v) is 9.50. The summed E-state index contributed by atoms with van der Waals surface area (Å²) in [5.74, 6) is 0.409. The summed E-state index contributed by atoms with van der Waals surface area (Å²) in [6.07, 6.45) is 2.33. The molecule has 1 aromatic heterocycles. The van der Waals surface area contributed by atoms with Gasteiger partial charge in [0.2, 0.25) is 5.88 Å². The molecule has 1 atom stereocenters. The van der Waals surface area contributed by atoms with Crippen molar-refractivity contribution < 1.29 is 8.95 Å². The molecule has 7 heteroatoms. The molecule has 4 aromatic rings. The summed E-state index contributed by atoms with van der Waals surface area (Å²) in [5, 5.41) is 4.32. The highest BCUT2D eigenvalue weighted by molar-refractivity contribution is 7.90. The monoisotopic (exact) mass is 444 g/mol. The van der Waals surface area contributed by atoms with Crippen LogP contribution in [0.2, 0.25) is 0 Å². The Bertz CT molecular complexity index is 1210. The van der Waals surface area contributed by atoms with Crippen molar-refractivity contribution in [1.29, 1.82) is 4.78 Å². The summed E-state index contributed by atoms with van der Waals surface area (Å²) in [7, 11) is -3.52. The third-order valence-electron chi connectivity index (χ3n) is 5.74. The summed E-state index contributed by atoms with van der Waals surface area (Å²) >= 11 is 0. The van der Waals surface area contributed by atoms with Gasteiger partial charge >= 0.3 is 0 Å². The fourth-order valence-corrected chi connectivity index (χ4v) is 5.75. The molecule has 1 aliphatic rings. The van der Waals surface area contributed by atoms with Crippen LogP contribution in [0, 0.1) is 4.78 Å². The lowest BCUT2D eigenvalue weighted by Crippen LogP contribution is -2.47. The van der Waals surface area contributed by atoms with Gasteiger partial charge in [-0.25, -0.2) is 18.4 Å². The molecule has 0 aliphatic carbocycles. The van der Waals surface area contributed by atoms with Gasteiger partial charge in [-0.2, -0.15) is 5.10 Å². The molecule has 2 heterocycles. The van der Waals surface area contributed by atoms with Gasteiger partial charge in [-0.05, 0) is 16.7 Å². The second kappa shape index (κ2) is 8.26. The number of ether oxygens (including phenoxy) is 1. The second-order valence-electron chi connectivity index (χ2n) is 7.75. The first-order chi connectivity index (χ1) is 15.6. The summed E-state index contributed by atoms with van der Waals surface area (Å²) < 4.78 is 33.8. The smallest absolute Gasteiger partial charge is 0.230 e. The Hall–Kier alpha value is -3.42. The van der Waals surface area contributed by atoms with Crippen molar-refractivity contribution in [3.05, 3.63) is 114 Å². The molecule has 162 valence electrons. The zero-order chi connectivity index (χ0) is 22.0. The lowest BCUT2D eigenvalue weighted by Gasteiger charge is -2.37. The molecule has 0 saturated heterocycles. The summed E-state index contributed by atoms with van der Waals surface area (Å²) in [5.41, 5.74) is 1.64. The SMILES string of the molecule is N=S(=O)(NC(c1ccccc1)(c1ccccc1)c1ccccc1)c1cnn2c1OCCC2. The minimum atomic E-state index is -3.52. The largest absolute Gasteiger partial charge is 0.477 e. The van der Waals surface area contributed by atoms with Gasteiger partial charge in [-0.15, -0.1) is 0 Å². The molecule has 0 bridgehead atoms. The normalized spacial score (nSPS) is 15.4. The van der Waals surface area contributed by atoms with Crippen molar-refractivity contribution in [2.24, 2.45) is 0 Å². The predicted octanol–water partition coefficient (Wildman–Crippen LogP) is 4.57. The number of aryl methyl sites for hydroxylation is 1. The molecular formula is C25H24N4O2S. The van der Waals surface area contributed by atoms with Crippen molar-refractivity contribution >= 4 is 9.92 Å². The van der Waals surface area contributed by atoms with Gasteiger partial charge in [0.1, 0.15) is 20.3 Å². The first-order valence-corrected chi connectivity index (χ1v) is 12.1. The van der Waals surface area contributed by atoms with Crippen molar-refractivity contribution in [3.8, 4) is 5.88 Å². The van der Waals surface area contributed by atoms with Crippen LogP contribution in [0.25, 0.3) is 0 Å². The maximum absolute atomic E-state index is 14.1. The van der Waals surface area contributed by atoms with Gasteiger partial charge in [0.05, 0.1) is 12.8 Å². The van der Waals surface area contributed by atoms with E-state index in [4.69, 9.17) is 9.52 Å². The van der Waals surface area contributed by atoms with E-state index in [1.165, 1.54) is 6.20 Å². The first kappa shape index (κ1) is 20.5. The Labute approximate surface area is 188 Å². The minimum Gasteiger partial charge on any atom is -0.477 e. The lowest BCUT2D eigenvalue weighted by molar-refractivity contribution is 0.224. The van der Waals surface area contributed by atoms with Gasteiger partial charge in [-0.1, -0.05) is 91.0 Å². The summed E-state index contributed by atoms with van der Waals surface area (Å²) in [4.78, 5) is 0.268. The van der Waals surface area contributed by atoms with Crippen LogP contribution in [0.4, 0.5) is 0 Å². The number of aromatic nitrogens is 2. The molecule has 0 fully saturated rings. The van der Waals surface area contributed by atoms with Crippen molar-refractivity contribution in [1.82, 2.24) is 14.5 Å². The zero-order valence-corrected chi connectivity index (χ0v) is 18.3. The van der Waals surface area contributed by atoms with Gasteiger partial charge in [0.15, 0.2) is 0 Å². The van der Waals surface area contributed by atoms with Crippen LogP contribution in [0.5, 0.6) is 5.88 Å². The van der Waals surface area contributed by atoms with E-state index in [2.05, 4.69) is 9.82 Å². The molecule has 5 rings (SSSR count). The average Bonchev–Trinajstić information content (AvgIpc) is 3.30. The zero-order valence-electron chi connectivity index (χ0n) is 17.5. The first-order valence-electron chi connectivity index (χ1n) is 10.5. The Morgan fingerprint density at radius 1 is 0.875 bits per heavy atom. The Kier molecular flexibility index (Phi) is 5.28. The van der Waals surface area contributed by atoms with Gasteiger partial charge in [0, 0.05) is 13.0 Å². The highest BCUT2D eigenvalue weighted by Gasteiger charge is 2.40.